The Bertz CT molecular complexity index is 366. The van der Waals surface area contributed by atoms with Crippen molar-refractivity contribution in [3.63, 3.8) is 0 Å². The summed E-state index contributed by atoms with van der Waals surface area (Å²) in [5.74, 6) is 1.68. The lowest BCUT2D eigenvalue weighted by Crippen LogP contribution is -2.43. The van der Waals surface area contributed by atoms with Crippen LogP contribution in [0.5, 0.6) is 0 Å². The molecule has 0 radical (unpaired) electrons. The summed E-state index contributed by atoms with van der Waals surface area (Å²) in [6.45, 7) is 7.07. The van der Waals surface area contributed by atoms with Gasteiger partial charge in [0.1, 0.15) is 0 Å². The fraction of sp³-hybridized carbons (Fsp3) is 0.667. The molecule has 1 saturated carbocycles. The van der Waals surface area contributed by atoms with Crippen molar-refractivity contribution in [3.8, 4) is 0 Å². The second-order valence-electron chi connectivity index (χ2n) is 6.48. The van der Waals surface area contributed by atoms with Crippen LogP contribution in [0.25, 0.3) is 0 Å². The van der Waals surface area contributed by atoms with E-state index in [9.17, 15) is 0 Å². The average molecular weight is 274 g/mol. The van der Waals surface area contributed by atoms with E-state index in [2.05, 4.69) is 61.4 Å². The molecule has 1 N–H and O–H groups in total. The average Bonchev–Trinajstić information content (AvgIpc) is 2.46. The highest BCUT2D eigenvalue weighted by Gasteiger charge is 2.26. The topological polar surface area (TPSA) is 15.3 Å². The number of nitrogens with one attached hydrogen (secondary N) is 1. The Morgan fingerprint density at radius 2 is 1.75 bits per heavy atom. The standard InChI is InChI=1S/C18H30N2/c1-15-9-7-10-16(2)18(15)19-13-8-14-20(3)17-11-5-4-6-12-17/h4-6,11-12,15-16,18-19H,7-10,13-14H2,1-3H3. The molecule has 2 heteroatoms. The first-order chi connectivity index (χ1) is 9.68. The Morgan fingerprint density at radius 3 is 2.40 bits per heavy atom. The first-order valence-electron chi connectivity index (χ1n) is 8.18. The van der Waals surface area contributed by atoms with Gasteiger partial charge in [0.15, 0.2) is 0 Å². The summed E-state index contributed by atoms with van der Waals surface area (Å²) in [7, 11) is 2.18. The van der Waals surface area contributed by atoms with E-state index < -0.39 is 0 Å². The third kappa shape index (κ3) is 4.24. The van der Waals surface area contributed by atoms with Crippen LogP contribution >= 0.6 is 0 Å². The minimum Gasteiger partial charge on any atom is -0.375 e. The summed E-state index contributed by atoms with van der Waals surface area (Å²) >= 11 is 0. The Kier molecular flexibility index (Phi) is 5.90. The molecular weight excluding hydrogens is 244 g/mol. The molecule has 1 aromatic rings. The van der Waals surface area contributed by atoms with Crippen molar-refractivity contribution in [1.29, 1.82) is 0 Å². The van der Waals surface area contributed by atoms with Crippen LogP contribution in [-0.2, 0) is 0 Å². The molecule has 0 amide bonds. The molecule has 1 aliphatic carbocycles. The quantitative estimate of drug-likeness (QED) is 0.791. The van der Waals surface area contributed by atoms with Crippen molar-refractivity contribution in [3.05, 3.63) is 30.3 Å². The van der Waals surface area contributed by atoms with Gasteiger partial charge in [-0.2, -0.15) is 0 Å². The lowest BCUT2D eigenvalue weighted by molar-refractivity contribution is 0.209. The van der Waals surface area contributed by atoms with E-state index in [1.54, 1.807) is 0 Å². The summed E-state index contributed by atoms with van der Waals surface area (Å²) in [6, 6.07) is 11.4. The van der Waals surface area contributed by atoms with Crippen molar-refractivity contribution in [2.24, 2.45) is 11.8 Å². The zero-order valence-corrected chi connectivity index (χ0v) is 13.3. The van der Waals surface area contributed by atoms with Crippen molar-refractivity contribution in [1.82, 2.24) is 5.32 Å². The molecule has 112 valence electrons. The van der Waals surface area contributed by atoms with Crippen LogP contribution in [0.15, 0.2) is 30.3 Å². The van der Waals surface area contributed by atoms with Gasteiger partial charge < -0.3 is 10.2 Å². The van der Waals surface area contributed by atoms with Crippen LogP contribution in [0.4, 0.5) is 5.69 Å². The lowest BCUT2D eigenvalue weighted by Gasteiger charge is -2.35. The van der Waals surface area contributed by atoms with Gasteiger partial charge in [-0.15, -0.1) is 0 Å². The Labute approximate surface area is 124 Å². The summed E-state index contributed by atoms with van der Waals surface area (Å²) in [6.07, 6.45) is 5.41. The van der Waals surface area contributed by atoms with Gasteiger partial charge in [0.05, 0.1) is 0 Å². The number of hydrogen-bond donors (Lipinski definition) is 1. The van der Waals surface area contributed by atoms with E-state index in [1.165, 1.54) is 31.4 Å². The smallest absolute Gasteiger partial charge is 0.0363 e. The van der Waals surface area contributed by atoms with Crippen molar-refractivity contribution in [2.45, 2.75) is 45.6 Å². The molecule has 0 bridgehead atoms. The fourth-order valence-electron chi connectivity index (χ4n) is 3.48. The van der Waals surface area contributed by atoms with Gasteiger partial charge in [-0.1, -0.05) is 38.5 Å². The lowest BCUT2D eigenvalue weighted by atomic mass is 9.79. The van der Waals surface area contributed by atoms with E-state index in [1.807, 2.05) is 0 Å². The zero-order valence-electron chi connectivity index (χ0n) is 13.3. The SMILES string of the molecule is CC1CCCC(C)C1NCCCN(C)c1ccccc1. The van der Waals surface area contributed by atoms with Gasteiger partial charge in [0.25, 0.3) is 0 Å². The van der Waals surface area contributed by atoms with Gasteiger partial charge >= 0.3 is 0 Å². The number of para-hydroxylation sites is 1. The number of nitrogens with zero attached hydrogens (tertiary/aromatic N) is 1. The minimum absolute atomic E-state index is 0.728. The second-order valence-corrected chi connectivity index (χ2v) is 6.48. The Balaban J connectivity index is 1.68. The molecule has 1 fully saturated rings. The van der Waals surface area contributed by atoms with Crippen LogP contribution in [-0.4, -0.2) is 26.2 Å². The number of anilines is 1. The number of hydrogen-bond acceptors (Lipinski definition) is 2. The van der Waals surface area contributed by atoms with Crippen molar-refractivity contribution in [2.75, 3.05) is 25.0 Å². The number of rotatable bonds is 6. The predicted molar refractivity (Wildman–Crippen MR) is 88.3 cm³/mol. The molecule has 2 atom stereocenters. The monoisotopic (exact) mass is 274 g/mol. The van der Waals surface area contributed by atoms with Crippen molar-refractivity contribution < 1.29 is 0 Å². The maximum Gasteiger partial charge on any atom is 0.0363 e. The fourth-order valence-corrected chi connectivity index (χ4v) is 3.48. The molecule has 0 aromatic heterocycles. The normalized spacial score (nSPS) is 26.4. The summed E-state index contributed by atoms with van der Waals surface area (Å²) in [5, 5.41) is 3.80. The Morgan fingerprint density at radius 1 is 1.10 bits per heavy atom. The summed E-state index contributed by atoms with van der Waals surface area (Å²) in [4.78, 5) is 2.34. The molecule has 0 heterocycles. The van der Waals surface area contributed by atoms with Gasteiger partial charge in [-0.05, 0) is 49.8 Å². The predicted octanol–water partition coefficient (Wildman–Crippen LogP) is 3.93. The third-order valence-corrected chi connectivity index (χ3v) is 4.79. The molecule has 1 aliphatic rings. The molecule has 20 heavy (non-hydrogen) atoms. The van der Waals surface area contributed by atoms with Crippen molar-refractivity contribution >= 4 is 5.69 Å². The highest BCUT2D eigenvalue weighted by Crippen LogP contribution is 2.28. The van der Waals surface area contributed by atoms with Crippen LogP contribution in [0.2, 0.25) is 0 Å². The highest BCUT2D eigenvalue weighted by molar-refractivity contribution is 5.44. The van der Waals surface area contributed by atoms with E-state index in [0.717, 1.165) is 31.0 Å². The molecule has 2 unspecified atom stereocenters. The molecule has 1 aromatic carbocycles. The van der Waals surface area contributed by atoms with Crippen LogP contribution in [0.1, 0.15) is 39.5 Å². The maximum absolute atomic E-state index is 3.80. The van der Waals surface area contributed by atoms with Crippen LogP contribution < -0.4 is 10.2 Å². The summed E-state index contributed by atoms with van der Waals surface area (Å²) < 4.78 is 0. The molecule has 2 rings (SSSR count). The second kappa shape index (κ2) is 7.68. The largest absolute Gasteiger partial charge is 0.375 e. The molecular formula is C18H30N2. The van der Waals surface area contributed by atoms with Gasteiger partial charge in [-0.25, -0.2) is 0 Å². The van der Waals surface area contributed by atoms with Gasteiger partial charge in [-0.3, -0.25) is 0 Å². The molecule has 0 aliphatic heterocycles. The summed E-state index contributed by atoms with van der Waals surface area (Å²) in [5.41, 5.74) is 1.31. The van der Waals surface area contributed by atoms with E-state index in [0.29, 0.717) is 0 Å². The molecule has 2 nitrogen and oxygen atoms in total. The minimum atomic E-state index is 0.728. The van der Waals surface area contributed by atoms with Gasteiger partial charge in [0.2, 0.25) is 0 Å². The van der Waals surface area contributed by atoms with E-state index in [4.69, 9.17) is 0 Å². The first-order valence-corrected chi connectivity index (χ1v) is 8.18. The van der Waals surface area contributed by atoms with E-state index in [-0.39, 0.29) is 0 Å². The van der Waals surface area contributed by atoms with E-state index >= 15 is 0 Å². The Hall–Kier alpha value is -1.02. The molecule has 0 spiro atoms. The van der Waals surface area contributed by atoms with Crippen LogP contribution in [0, 0.1) is 11.8 Å². The maximum atomic E-state index is 3.80. The third-order valence-electron chi connectivity index (χ3n) is 4.79. The van der Waals surface area contributed by atoms with Gasteiger partial charge in [0, 0.05) is 25.3 Å². The highest BCUT2D eigenvalue weighted by atomic mass is 15.1. The van der Waals surface area contributed by atoms with Crippen LogP contribution in [0.3, 0.4) is 0 Å². The molecule has 0 saturated heterocycles. The first kappa shape index (κ1) is 15.4. The zero-order chi connectivity index (χ0) is 14.4. The number of benzene rings is 1.